The standard InChI is InChI=1S/C48H70N2O2/c1-33(23-19-25-35(3)27-29-39-37(5)43(51)41(31-47(39,13)14)49-45(7,8)9)21-17-18-22-34(2)24-20-26-36(4)28-30-40-38(6)44(52)42(32-48(40,15)16)50-46(10,11)12/h17-30,41-42,49-50H,31-32H2,1-16H3/b18-17+,23-19+,24-20+,29-27+,30-28+,33-21+,34-22+,35-25+,36-26+. The molecule has 0 amide bonds. The minimum Gasteiger partial charge on any atom is -0.302 e. The summed E-state index contributed by atoms with van der Waals surface area (Å²) in [4.78, 5) is 26.3. The lowest BCUT2D eigenvalue weighted by Gasteiger charge is -2.39. The van der Waals surface area contributed by atoms with Crippen LogP contribution in [-0.2, 0) is 9.59 Å². The lowest BCUT2D eigenvalue weighted by molar-refractivity contribution is -0.120. The van der Waals surface area contributed by atoms with Gasteiger partial charge in [0.15, 0.2) is 11.6 Å². The summed E-state index contributed by atoms with van der Waals surface area (Å²) in [5, 5.41) is 7.03. The van der Waals surface area contributed by atoms with Crippen LogP contribution in [-0.4, -0.2) is 34.7 Å². The SMILES string of the molecule is CC1=C(/C=C/C(C)=C/C=C/C(C)=C/C=C/C=C(C)/C=C/C=C(C)/C=C/C2=C(C)C(=O)C(NC(C)(C)C)CC2(C)C)C(C)(C)CC(NC(C)(C)C)C1=O. The van der Waals surface area contributed by atoms with Crippen LogP contribution < -0.4 is 10.6 Å². The summed E-state index contributed by atoms with van der Waals surface area (Å²) in [5.74, 6) is 0.409. The van der Waals surface area contributed by atoms with Crippen LogP contribution in [0.4, 0.5) is 0 Å². The smallest absolute Gasteiger partial charge is 0.175 e. The summed E-state index contributed by atoms with van der Waals surface area (Å²) in [6, 6.07) is -0.289. The van der Waals surface area contributed by atoms with E-state index in [2.05, 4.69) is 193 Å². The first-order valence-electron chi connectivity index (χ1n) is 19.0. The molecule has 0 heterocycles. The first kappa shape index (κ1) is 44.6. The average molecular weight is 707 g/mol. The number of rotatable bonds is 12. The largest absolute Gasteiger partial charge is 0.302 e. The molecule has 2 unspecified atom stereocenters. The van der Waals surface area contributed by atoms with Crippen LogP contribution in [0.1, 0.15) is 124 Å². The van der Waals surface area contributed by atoms with Crippen LogP contribution in [0.3, 0.4) is 0 Å². The molecular weight excluding hydrogens is 637 g/mol. The first-order valence-corrected chi connectivity index (χ1v) is 19.0. The molecule has 0 radical (unpaired) electrons. The van der Waals surface area contributed by atoms with Crippen LogP contribution in [0.2, 0.25) is 0 Å². The highest BCUT2D eigenvalue weighted by Crippen LogP contribution is 2.41. The lowest BCUT2D eigenvalue weighted by Crippen LogP contribution is -2.52. The maximum Gasteiger partial charge on any atom is 0.175 e. The molecule has 4 nitrogen and oxygen atoms in total. The van der Waals surface area contributed by atoms with Crippen molar-refractivity contribution in [2.75, 3.05) is 0 Å². The van der Waals surface area contributed by atoms with E-state index in [1.807, 2.05) is 13.8 Å². The Balaban J connectivity index is 1.99. The van der Waals surface area contributed by atoms with Gasteiger partial charge in [0.25, 0.3) is 0 Å². The van der Waals surface area contributed by atoms with Crippen molar-refractivity contribution >= 4 is 11.6 Å². The molecule has 0 saturated heterocycles. The van der Waals surface area contributed by atoms with E-state index in [4.69, 9.17) is 0 Å². The van der Waals surface area contributed by atoms with Gasteiger partial charge >= 0.3 is 0 Å². The van der Waals surface area contributed by atoms with Crippen molar-refractivity contribution in [2.45, 2.75) is 147 Å². The van der Waals surface area contributed by atoms with Crippen molar-refractivity contribution in [3.63, 3.8) is 0 Å². The van der Waals surface area contributed by atoms with E-state index in [0.717, 1.165) is 57.4 Å². The van der Waals surface area contributed by atoms with Crippen molar-refractivity contribution in [1.29, 1.82) is 0 Å². The van der Waals surface area contributed by atoms with Crippen LogP contribution in [0.15, 0.2) is 130 Å². The van der Waals surface area contributed by atoms with E-state index >= 15 is 0 Å². The van der Waals surface area contributed by atoms with Gasteiger partial charge in [0, 0.05) is 11.1 Å². The van der Waals surface area contributed by atoms with E-state index in [9.17, 15) is 9.59 Å². The first-order chi connectivity index (χ1) is 23.8. The summed E-state index contributed by atoms with van der Waals surface area (Å²) in [6.07, 6.45) is 30.9. The van der Waals surface area contributed by atoms with Crippen molar-refractivity contribution in [2.24, 2.45) is 10.8 Å². The number of ketones is 2. The van der Waals surface area contributed by atoms with E-state index < -0.39 is 0 Å². The minimum atomic E-state index is -0.145. The number of hydrogen-bond donors (Lipinski definition) is 2. The van der Waals surface area contributed by atoms with Gasteiger partial charge in [-0.1, -0.05) is 135 Å². The van der Waals surface area contributed by atoms with Gasteiger partial charge < -0.3 is 10.6 Å². The number of nitrogens with one attached hydrogen (secondary N) is 2. The summed E-state index contributed by atoms with van der Waals surface area (Å²) in [6.45, 7) is 33.9. The molecule has 0 aliphatic heterocycles. The Morgan fingerprint density at radius 2 is 0.827 bits per heavy atom. The molecule has 0 saturated carbocycles. The molecule has 284 valence electrons. The lowest BCUT2D eigenvalue weighted by atomic mass is 9.69. The van der Waals surface area contributed by atoms with Gasteiger partial charge in [-0.15, -0.1) is 0 Å². The Morgan fingerprint density at radius 1 is 0.538 bits per heavy atom. The Labute approximate surface area is 318 Å². The summed E-state index contributed by atoms with van der Waals surface area (Å²) < 4.78 is 0. The molecule has 0 aromatic rings. The van der Waals surface area contributed by atoms with Crippen molar-refractivity contribution in [1.82, 2.24) is 10.6 Å². The van der Waals surface area contributed by atoms with Crippen molar-refractivity contribution < 1.29 is 9.59 Å². The highest BCUT2D eigenvalue weighted by Gasteiger charge is 2.40. The van der Waals surface area contributed by atoms with E-state index in [-0.39, 0.29) is 45.6 Å². The highest BCUT2D eigenvalue weighted by molar-refractivity contribution is 6.02. The fourth-order valence-electron chi connectivity index (χ4n) is 6.98. The molecule has 0 bridgehead atoms. The van der Waals surface area contributed by atoms with Gasteiger partial charge in [-0.25, -0.2) is 0 Å². The number of allylic oxidation sites excluding steroid dienone is 20. The second kappa shape index (κ2) is 18.4. The van der Waals surface area contributed by atoms with Gasteiger partial charge in [-0.2, -0.15) is 0 Å². The zero-order valence-electron chi connectivity index (χ0n) is 35.5. The van der Waals surface area contributed by atoms with Crippen molar-refractivity contribution in [3.05, 3.63) is 130 Å². The van der Waals surface area contributed by atoms with Gasteiger partial charge in [0.1, 0.15) is 0 Å². The number of Topliss-reactive ketones (excluding diaryl/α,β-unsaturated/α-hetero) is 2. The molecular formula is C48H70N2O2. The third-order valence-corrected chi connectivity index (χ3v) is 9.57. The van der Waals surface area contributed by atoms with Gasteiger partial charge in [0.2, 0.25) is 0 Å². The summed E-state index contributed by atoms with van der Waals surface area (Å²) >= 11 is 0. The van der Waals surface area contributed by atoms with Gasteiger partial charge in [-0.3, -0.25) is 9.59 Å². The number of carbonyl (C=O) groups excluding carboxylic acids is 2. The molecule has 2 aliphatic rings. The molecule has 2 rings (SSSR count). The molecule has 0 aromatic carbocycles. The Kier molecular flexibility index (Phi) is 15.8. The predicted octanol–water partition coefficient (Wildman–Crippen LogP) is 11.7. The molecule has 52 heavy (non-hydrogen) atoms. The minimum absolute atomic E-state index is 0.0865. The van der Waals surface area contributed by atoms with Crippen LogP contribution in [0.5, 0.6) is 0 Å². The number of hydrogen-bond acceptors (Lipinski definition) is 4. The Morgan fingerprint density at radius 3 is 1.13 bits per heavy atom. The second-order valence-corrected chi connectivity index (χ2v) is 18.3. The van der Waals surface area contributed by atoms with Gasteiger partial charge in [-0.05, 0) is 129 Å². The quantitative estimate of drug-likeness (QED) is 0.198. The fraction of sp³-hybridized carbons (Fsp3) is 0.500. The average Bonchev–Trinajstić information content (AvgIpc) is 2.98. The monoisotopic (exact) mass is 707 g/mol. The molecule has 2 N–H and O–H groups in total. The van der Waals surface area contributed by atoms with Crippen LogP contribution in [0.25, 0.3) is 0 Å². The maximum atomic E-state index is 13.1. The van der Waals surface area contributed by atoms with E-state index in [1.54, 1.807) is 0 Å². The third kappa shape index (κ3) is 14.4. The summed E-state index contributed by atoms with van der Waals surface area (Å²) in [5.41, 5.74) is 8.14. The second-order valence-electron chi connectivity index (χ2n) is 18.3. The van der Waals surface area contributed by atoms with Gasteiger partial charge in [0.05, 0.1) is 12.1 Å². The highest BCUT2D eigenvalue weighted by atomic mass is 16.1. The molecule has 0 aromatic heterocycles. The van der Waals surface area contributed by atoms with Crippen LogP contribution in [0, 0.1) is 10.8 Å². The van der Waals surface area contributed by atoms with Crippen molar-refractivity contribution in [3.8, 4) is 0 Å². The topological polar surface area (TPSA) is 58.2 Å². The van der Waals surface area contributed by atoms with Crippen LogP contribution >= 0.6 is 0 Å². The molecule has 2 atom stereocenters. The maximum absolute atomic E-state index is 13.1. The zero-order chi connectivity index (χ0) is 39.7. The zero-order valence-corrected chi connectivity index (χ0v) is 35.5. The molecule has 2 aliphatic carbocycles. The predicted molar refractivity (Wildman–Crippen MR) is 226 cm³/mol. The third-order valence-electron chi connectivity index (χ3n) is 9.57. The number of carbonyl (C=O) groups is 2. The molecule has 4 heteroatoms. The molecule has 0 fully saturated rings. The van der Waals surface area contributed by atoms with E-state index in [0.29, 0.717) is 0 Å². The Bertz CT molecular complexity index is 1550. The Hall–Kier alpha value is -3.60. The fourth-order valence-corrected chi connectivity index (χ4v) is 6.98. The van der Waals surface area contributed by atoms with E-state index in [1.165, 1.54) is 0 Å². The normalized spacial score (nSPS) is 23.3. The summed E-state index contributed by atoms with van der Waals surface area (Å²) in [7, 11) is 0. The molecule has 0 spiro atoms.